The molecule has 19 atom stereocenters. The molecule has 7 aliphatic heterocycles. The first-order valence-corrected chi connectivity index (χ1v) is 45.5. The van der Waals surface area contributed by atoms with E-state index in [1.54, 1.807) is 152 Å². The van der Waals surface area contributed by atoms with E-state index in [2.05, 4.69) is 15.6 Å². The van der Waals surface area contributed by atoms with Gasteiger partial charge in [0.2, 0.25) is 24.0 Å². The lowest BCUT2D eigenvalue weighted by Gasteiger charge is -2.45. The van der Waals surface area contributed by atoms with Gasteiger partial charge in [-0.25, -0.2) is 41.1 Å². The van der Waals surface area contributed by atoms with Gasteiger partial charge in [0.1, 0.15) is 152 Å². The largest absolute Gasteiger partial charge is 0.489 e. The Balaban J connectivity index is 0.000000152. The fourth-order valence-electron chi connectivity index (χ4n) is 17.3. The lowest BCUT2D eigenvalue weighted by Crippen LogP contribution is -2.65. The predicted molar refractivity (Wildman–Crippen MR) is 496 cm³/mol. The number of amides is 4. The molecule has 6 saturated heterocycles. The number of primary amides is 3. The monoisotopic (exact) mass is 1970 g/mol. The Labute approximate surface area is 810 Å². The molecule has 4 unspecified atom stereocenters. The topological polar surface area (TPSA) is 534 Å². The van der Waals surface area contributed by atoms with Crippen molar-refractivity contribution in [2.24, 2.45) is 22.2 Å². The Morgan fingerprint density at radius 1 is 0.352 bits per heavy atom. The summed E-state index contributed by atoms with van der Waals surface area (Å²) < 4.78 is 112. The number of nitrogens with two attached hydrogens (primary N) is 3. The van der Waals surface area contributed by atoms with Crippen LogP contribution in [0.5, 0.6) is 28.7 Å². The number of likely N-dealkylation sites (tertiary alicyclic amines) is 2. The number of aliphatic carboxylic acids is 4. The standard InChI is InChI=1S/C25H27FN2O10.C24H27FN2O8.C18H19FN2O2.C18H18FNO3.C18H16FNO3/c26-15-4-2-1-3-13(15)11-36-14-7-5-12(6-8-14)16-9-10-17(22(27)32)28(16)25(35)38-24-20(31)18(29)19(30)21(37-24)23(33)34;25-15-4-2-1-3-13(15)11-34-14-7-5-12(6-8-14)16-9-10-17(22(26)31)27(16)23-20(30)18(28)19(29)21(35-23)24(32)33;19-15-4-2-1-3-13(15)11-23-14-7-5-12(6-8-14)16-9-10-17(21-16)18(20)22;2*19-15-4-2-1-3-13(15)11-23-14-7-5-12(6-8-14)16-9-10-17(20-16)18(21)22/h1-8,16-21,24,29-31H,9-11H2,(H2,27,32)(H,33,34);1-8,16-21,23,28-30H,9-11H2,(H2,26,31)(H,32,33);1-8,16-17,21H,9-11H2,(H2,20,22);1-8,16-17,20H,9-11H2,(H,21,22);1-8,17H,9-11H2,(H,21,22)/t16-,17+,18+,19?,20?,21+,24+;16-,17+,18+,19?,20?,21+,23-;2*16-,17+;17-/m11110/s1. The number of ether oxygens (including phenoxy) is 8. The molecule has 0 bridgehead atoms. The van der Waals surface area contributed by atoms with Crippen LogP contribution in [0.25, 0.3) is 0 Å². The van der Waals surface area contributed by atoms with Gasteiger partial charge in [-0.3, -0.25) is 44.6 Å². The van der Waals surface area contributed by atoms with E-state index in [0.29, 0.717) is 106 Å². The van der Waals surface area contributed by atoms with Gasteiger partial charge in [0.25, 0.3) is 0 Å². The second kappa shape index (κ2) is 49.2. The lowest BCUT2D eigenvalue weighted by molar-refractivity contribution is -0.280. The number of aliphatic imine (C=N–C) groups is 1. The minimum Gasteiger partial charge on any atom is -0.489 e. The minimum atomic E-state index is -1.97. The second-order valence-corrected chi connectivity index (χ2v) is 34.4. The number of aliphatic hydroxyl groups excluding tert-OH is 6. The molecule has 17 rings (SSSR count). The van der Waals surface area contributed by atoms with Crippen LogP contribution in [0, 0.1) is 29.1 Å². The summed E-state index contributed by atoms with van der Waals surface area (Å²) in [6.45, 7) is 0.559. The van der Waals surface area contributed by atoms with Gasteiger partial charge in [-0.05, 0) is 195 Å². The van der Waals surface area contributed by atoms with Gasteiger partial charge in [-0.1, -0.05) is 140 Å². The SMILES string of the molecule is NC(=O)[C@@H]1CC[C@H](c2ccc(OCc3ccccc3F)cc2)N1.NC(=O)[C@@H]1CC[C@H](c2ccc(OCc3ccccc3F)cc2)N1C(=O)O[C@@H]1O[C@H](C(=O)O)C(O)[C@H](O)C1O.NC(=O)[C@@H]1CC[C@H](c2ccc(OCc3ccccc3F)cc2)N1[C@@H]1O[C@H](C(=O)O)C(O)[C@H](O)C1O.O=C(O)[C@@H]1CCC(c2ccc(OCc3ccccc3F)cc2)=N1.O=C(O)[C@@H]1CC[C@H](c2ccc(OCc3ccccc3F)cc2)N1. The van der Waals surface area contributed by atoms with E-state index in [1.165, 1.54) is 35.2 Å². The molecule has 18 N–H and O–H groups in total. The zero-order valence-corrected chi connectivity index (χ0v) is 76.1. The quantitative estimate of drug-likeness (QED) is 0.0194. The van der Waals surface area contributed by atoms with Gasteiger partial charge in [-0.15, -0.1) is 0 Å². The third-order valence-corrected chi connectivity index (χ3v) is 25.1. The number of hydrogen-bond acceptors (Lipinski definition) is 26. The first-order chi connectivity index (χ1) is 68.2. The van der Waals surface area contributed by atoms with Crippen molar-refractivity contribution in [3.63, 3.8) is 0 Å². The van der Waals surface area contributed by atoms with Crippen molar-refractivity contribution >= 4 is 53.4 Å². The highest BCUT2D eigenvalue weighted by atomic mass is 19.1. The van der Waals surface area contributed by atoms with Crippen LogP contribution in [-0.4, -0.2) is 206 Å². The minimum absolute atomic E-state index is 0.000745. The van der Waals surface area contributed by atoms with Gasteiger partial charge in [0.15, 0.2) is 12.2 Å². The van der Waals surface area contributed by atoms with Crippen LogP contribution in [0.15, 0.2) is 248 Å². The van der Waals surface area contributed by atoms with E-state index < -0.39 is 145 Å². The van der Waals surface area contributed by atoms with E-state index in [9.17, 15) is 101 Å². The maximum Gasteiger partial charge on any atom is 0.413 e. The molecule has 142 heavy (non-hydrogen) atoms. The van der Waals surface area contributed by atoms with Crippen LogP contribution in [-0.2, 0) is 80.8 Å². The van der Waals surface area contributed by atoms with Crippen LogP contribution in [0.2, 0.25) is 0 Å². The molecule has 7 aliphatic rings. The molecule has 10 aromatic rings. The Morgan fingerprint density at radius 2 is 0.697 bits per heavy atom. The number of benzene rings is 10. The molecule has 0 aromatic heterocycles. The number of rotatable bonds is 29. The number of carbonyl (C=O) groups excluding carboxylic acids is 4. The first kappa shape index (κ1) is 105. The number of carboxylic acid groups (broad SMARTS) is 4. The van der Waals surface area contributed by atoms with Gasteiger partial charge >= 0.3 is 30.0 Å². The summed E-state index contributed by atoms with van der Waals surface area (Å²) in [5.41, 5.74) is 23.8. The number of nitrogens with one attached hydrogen (secondary N) is 2. The number of aliphatic hydroxyl groups is 6. The molecule has 39 heteroatoms. The van der Waals surface area contributed by atoms with Crippen LogP contribution in [0.1, 0.15) is 144 Å². The van der Waals surface area contributed by atoms with E-state index in [4.69, 9.17) is 65.3 Å². The third kappa shape index (κ3) is 27.0. The summed E-state index contributed by atoms with van der Waals surface area (Å²) in [5.74, 6) is -5.39. The van der Waals surface area contributed by atoms with Gasteiger partial charge in [-0.2, -0.15) is 0 Å². The van der Waals surface area contributed by atoms with Crippen molar-refractivity contribution < 1.29 is 149 Å². The van der Waals surface area contributed by atoms with Crippen LogP contribution in [0.3, 0.4) is 0 Å². The number of hydrogen-bond donors (Lipinski definition) is 15. The highest BCUT2D eigenvalue weighted by Crippen LogP contribution is 2.44. The van der Waals surface area contributed by atoms with Crippen molar-refractivity contribution in [1.29, 1.82) is 0 Å². The Hall–Kier alpha value is -14.4. The van der Waals surface area contributed by atoms with Crippen LogP contribution < -0.4 is 51.5 Å². The maximum atomic E-state index is 13.8. The highest BCUT2D eigenvalue weighted by Gasteiger charge is 2.55. The van der Waals surface area contributed by atoms with Crippen LogP contribution in [0.4, 0.5) is 26.7 Å². The van der Waals surface area contributed by atoms with Crippen molar-refractivity contribution in [2.75, 3.05) is 0 Å². The number of halogens is 5. The van der Waals surface area contributed by atoms with Crippen molar-refractivity contribution in [1.82, 2.24) is 20.4 Å². The van der Waals surface area contributed by atoms with E-state index in [0.717, 1.165) is 46.6 Å². The normalized spacial score (nSPS) is 24.8. The molecular formula is C103H107F5N8O26. The van der Waals surface area contributed by atoms with E-state index >= 15 is 0 Å². The molecule has 0 spiro atoms. The molecule has 34 nitrogen and oxygen atoms in total. The molecule has 7 heterocycles. The average molecular weight is 1970 g/mol. The lowest BCUT2D eigenvalue weighted by atomic mass is 9.96. The second-order valence-electron chi connectivity index (χ2n) is 34.4. The molecule has 750 valence electrons. The summed E-state index contributed by atoms with van der Waals surface area (Å²) in [4.78, 5) is 100. The third-order valence-electron chi connectivity index (χ3n) is 25.1. The number of carbonyl (C=O) groups is 8. The summed E-state index contributed by atoms with van der Waals surface area (Å²) in [6, 6.07) is 63.4. The Kier molecular flexibility index (Phi) is 36.3. The smallest absolute Gasteiger partial charge is 0.413 e. The zero-order valence-electron chi connectivity index (χ0n) is 76.1. The molecule has 6 fully saturated rings. The van der Waals surface area contributed by atoms with E-state index in [-0.39, 0.29) is 86.8 Å². The predicted octanol–water partition coefficient (Wildman–Crippen LogP) is 10.1. The van der Waals surface area contributed by atoms with Crippen molar-refractivity contribution in [3.05, 3.63) is 327 Å². The summed E-state index contributed by atoms with van der Waals surface area (Å²) in [6.07, 6.45) is -14.0. The number of nitrogens with zero attached hydrogens (tertiary/aromatic N) is 3. The Morgan fingerprint density at radius 3 is 1.05 bits per heavy atom. The van der Waals surface area contributed by atoms with Crippen LogP contribution >= 0.6 is 0 Å². The van der Waals surface area contributed by atoms with Gasteiger partial charge in [0, 0.05) is 51.7 Å². The van der Waals surface area contributed by atoms with Crippen molar-refractivity contribution in [3.8, 4) is 28.7 Å². The molecule has 4 amide bonds. The van der Waals surface area contributed by atoms with Gasteiger partial charge in [0.05, 0.1) is 18.1 Å². The average Bonchev–Trinajstić information content (AvgIpc) is 1.56. The van der Waals surface area contributed by atoms with E-state index in [1.807, 2.05) is 60.7 Å². The highest BCUT2D eigenvalue weighted by molar-refractivity contribution is 6.03. The fourth-order valence-corrected chi connectivity index (χ4v) is 17.3. The summed E-state index contributed by atoms with van der Waals surface area (Å²) in [7, 11) is 0. The molecule has 0 saturated carbocycles. The fraction of sp³-hybridized carbons (Fsp3) is 0.330. The summed E-state index contributed by atoms with van der Waals surface area (Å²) in [5, 5.41) is 104. The Bertz CT molecular complexity index is 5910. The molecule has 0 radical (unpaired) electrons. The molecule has 0 aliphatic carbocycles. The van der Waals surface area contributed by atoms with Gasteiger partial charge < -0.3 is 106 Å². The first-order valence-electron chi connectivity index (χ1n) is 45.5. The summed E-state index contributed by atoms with van der Waals surface area (Å²) >= 11 is 0. The zero-order chi connectivity index (χ0) is 102. The number of carboxylic acids is 4. The molecular weight excluding hydrogens is 1860 g/mol. The van der Waals surface area contributed by atoms with Crippen molar-refractivity contribution in [2.45, 2.75) is 213 Å². The molecule has 10 aromatic carbocycles. The maximum absolute atomic E-state index is 13.8.